The lowest BCUT2D eigenvalue weighted by Gasteiger charge is -2.14. The molecule has 20 heavy (non-hydrogen) atoms. The van der Waals surface area contributed by atoms with E-state index in [2.05, 4.69) is 12.2 Å². The number of hydrogen-bond acceptors (Lipinski definition) is 4. The maximum atomic E-state index is 10.4. The molecule has 0 aliphatic heterocycles. The van der Waals surface area contributed by atoms with Gasteiger partial charge in [0.25, 0.3) is 0 Å². The summed E-state index contributed by atoms with van der Waals surface area (Å²) in [4.78, 5) is 10.4. The van der Waals surface area contributed by atoms with E-state index in [0.717, 1.165) is 24.2 Å². The Balaban J connectivity index is 2.47. The smallest absolute Gasteiger partial charge is 0.304 e. The number of carbonyl (C=O) groups is 1. The Labute approximate surface area is 120 Å². The van der Waals surface area contributed by atoms with Crippen LogP contribution in [0.4, 0.5) is 5.69 Å². The number of aliphatic carboxylic acids is 1. The van der Waals surface area contributed by atoms with Crippen molar-refractivity contribution < 1.29 is 14.6 Å². The first-order valence-electron chi connectivity index (χ1n) is 6.99. The molecule has 0 saturated heterocycles. The van der Waals surface area contributed by atoms with Crippen molar-refractivity contribution >= 4 is 11.7 Å². The summed E-state index contributed by atoms with van der Waals surface area (Å²) in [6, 6.07) is 6.01. The van der Waals surface area contributed by atoms with E-state index >= 15 is 0 Å². The zero-order chi connectivity index (χ0) is 15.0. The average Bonchev–Trinajstić information content (AvgIpc) is 2.37. The molecule has 0 fully saturated rings. The van der Waals surface area contributed by atoms with Crippen molar-refractivity contribution in [2.45, 2.75) is 39.2 Å². The predicted molar refractivity (Wildman–Crippen MR) is 80.1 cm³/mol. The molecule has 0 spiro atoms. The number of nitrogen functional groups attached to an aromatic ring is 1. The van der Waals surface area contributed by atoms with Gasteiger partial charge < -0.3 is 20.9 Å². The fourth-order valence-corrected chi connectivity index (χ4v) is 1.92. The molecule has 0 aromatic heterocycles. The van der Waals surface area contributed by atoms with Gasteiger partial charge in [-0.05, 0) is 37.5 Å². The second kappa shape index (κ2) is 8.43. The Morgan fingerprint density at radius 1 is 1.50 bits per heavy atom. The van der Waals surface area contributed by atoms with Crippen molar-refractivity contribution in [3.8, 4) is 5.75 Å². The molecule has 0 aliphatic carbocycles. The van der Waals surface area contributed by atoms with E-state index in [1.165, 1.54) is 0 Å². The SMILES string of the molecule is CCCOc1ccc(CC(C)NCCC(=O)O)cc1N. The molecule has 0 radical (unpaired) electrons. The Morgan fingerprint density at radius 3 is 2.85 bits per heavy atom. The van der Waals surface area contributed by atoms with Crippen LogP contribution in [-0.2, 0) is 11.2 Å². The molecule has 0 saturated carbocycles. The number of benzene rings is 1. The van der Waals surface area contributed by atoms with E-state index in [1.807, 2.05) is 25.1 Å². The first-order valence-corrected chi connectivity index (χ1v) is 6.99. The van der Waals surface area contributed by atoms with Crippen molar-refractivity contribution in [3.05, 3.63) is 23.8 Å². The lowest BCUT2D eigenvalue weighted by molar-refractivity contribution is -0.136. The topological polar surface area (TPSA) is 84.6 Å². The first-order chi connectivity index (χ1) is 9.52. The number of anilines is 1. The summed E-state index contributed by atoms with van der Waals surface area (Å²) in [6.07, 6.45) is 1.89. The number of carboxylic acid groups (broad SMARTS) is 1. The highest BCUT2D eigenvalue weighted by Gasteiger charge is 2.07. The van der Waals surface area contributed by atoms with Crippen LogP contribution in [0.5, 0.6) is 5.75 Å². The monoisotopic (exact) mass is 280 g/mol. The average molecular weight is 280 g/mol. The number of hydrogen-bond donors (Lipinski definition) is 3. The van der Waals surface area contributed by atoms with Crippen LogP contribution in [0.15, 0.2) is 18.2 Å². The maximum Gasteiger partial charge on any atom is 0.304 e. The van der Waals surface area contributed by atoms with Crippen LogP contribution in [0.1, 0.15) is 32.3 Å². The van der Waals surface area contributed by atoms with Gasteiger partial charge in [0.1, 0.15) is 5.75 Å². The molecule has 0 bridgehead atoms. The van der Waals surface area contributed by atoms with E-state index in [-0.39, 0.29) is 12.5 Å². The lowest BCUT2D eigenvalue weighted by atomic mass is 10.1. The standard InChI is InChI=1S/C15H24N2O3/c1-3-8-20-14-5-4-12(10-13(14)16)9-11(2)17-7-6-15(18)19/h4-5,10-11,17H,3,6-9,16H2,1-2H3,(H,18,19). The fraction of sp³-hybridized carbons (Fsp3) is 0.533. The molecule has 1 rings (SSSR count). The Morgan fingerprint density at radius 2 is 2.25 bits per heavy atom. The molecule has 0 heterocycles. The summed E-state index contributed by atoms with van der Waals surface area (Å²) in [5, 5.41) is 11.8. The molecule has 4 N–H and O–H groups in total. The highest BCUT2D eigenvalue weighted by atomic mass is 16.5. The second-order valence-electron chi connectivity index (χ2n) is 4.92. The highest BCUT2D eigenvalue weighted by Crippen LogP contribution is 2.23. The number of nitrogens with two attached hydrogens (primary N) is 1. The fourth-order valence-electron chi connectivity index (χ4n) is 1.92. The van der Waals surface area contributed by atoms with Gasteiger partial charge in [0.05, 0.1) is 18.7 Å². The van der Waals surface area contributed by atoms with E-state index in [4.69, 9.17) is 15.6 Å². The summed E-state index contributed by atoms with van der Waals surface area (Å²) in [5.41, 5.74) is 7.71. The van der Waals surface area contributed by atoms with Gasteiger partial charge in [-0.1, -0.05) is 13.0 Å². The number of rotatable bonds is 9. The number of nitrogens with one attached hydrogen (secondary N) is 1. The minimum absolute atomic E-state index is 0.135. The van der Waals surface area contributed by atoms with Crippen LogP contribution in [0.25, 0.3) is 0 Å². The normalized spacial score (nSPS) is 12.1. The largest absolute Gasteiger partial charge is 0.491 e. The summed E-state index contributed by atoms with van der Waals surface area (Å²) in [5.74, 6) is -0.0616. The van der Waals surface area contributed by atoms with Crippen LogP contribution in [0.3, 0.4) is 0 Å². The third-order valence-electron chi connectivity index (χ3n) is 2.91. The van der Waals surface area contributed by atoms with Crippen molar-refractivity contribution in [2.75, 3.05) is 18.9 Å². The quantitative estimate of drug-likeness (QED) is 0.603. The Kier molecular flexibility index (Phi) is 6.87. The summed E-state index contributed by atoms with van der Waals surface area (Å²) in [7, 11) is 0. The van der Waals surface area contributed by atoms with Crippen molar-refractivity contribution in [1.82, 2.24) is 5.32 Å². The first kappa shape index (κ1) is 16.3. The van der Waals surface area contributed by atoms with Gasteiger partial charge in [-0.15, -0.1) is 0 Å². The molecule has 1 atom stereocenters. The van der Waals surface area contributed by atoms with Gasteiger partial charge in [0.15, 0.2) is 0 Å². The van der Waals surface area contributed by atoms with Gasteiger partial charge >= 0.3 is 5.97 Å². The highest BCUT2D eigenvalue weighted by molar-refractivity contribution is 5.66. The van der Waals surface area contributed by atoms with Crippen LogP contribution in [0, 0.1) is 0 Å². The van der Waals surface area contributed by atoms with Crippen LogP contribution < -0.4 is 15.8 Å². The number of ether oxygens (including phenoxy) is 1. The van der Waals surface area contributed by atoms with Crippen LogP contribution in [0.2, 0.25) is 0 Å². The van der Waals surface area contributed by atoms with Crippen LogP contribution >= 0.6 is 0 Å². The van der Waals surface area contributed by atoms with Gasteiger partial charge in [-0.2, -0.15) is 0 Å². The minimum atomic E-state index is -0.786. The van der Waals surface area contributed by atoms with Crippen molar-refractivity contribution in [1.29, 1.82) is 0 Å². The van der Waals surface area contributed by atoms with Crippen LogP contribution in [-0.4, -0.2) is 30.3 Å². The molecule has 1 aromatic carbocycles. The van der Waals surface area contributed by atoms with Crippen molar-refractivity contribution in [2.24, 2.45) is 0 Å². The Bertz CT molecular complexity index is 435. The molecule has 0 amide bonds. The lowest BCUT2D eigenvalue weighted by Crippen LogP contribution is -2.30. The minimum Gasteiger partial charge on any atom is -0.491 e. The maximum absolute atomic E-state index is 10.4. The van der Waals surface area contributed by atoms with Gasteiger partial charge in [-0.3, -0.25) is 4.79 Å². The van der Waals surface area contributed by atoms with E-state index in [9.17, 15) is 4.79 Å². The van der Waals surface area contributed by atoms with Gasteiger partial charge in [-0.25, -0.2) is 0 Å². The van der Waals surface area contributed by atoms with Gasteiger partial charge in [0, 0.05) is 12.6 Å². The molecule has 5 heteroatoms. The molecular weight excluding hydrogens is 256 g/mol. The summed E-state index contributed by atoms with van der Waals surface area (Å²) >= 11 is 0. The molecule has 5 nitrogen and oxygen atoms in total. The molecule has 0 aliphatic rings. The zero-order valence-electron chi connectivity index (χ0n) is 12.2. The Hall–Kier alpha value is -1.75. The second-order valence-corrected chi connectivity index (χ2v) is 4.92. The third kappa shape index (κ3) is 5.93. The van der Waals surface area contributed by atoms with Gasteiger partial charge in [0.2, 0.25) is 0 Å². The summed E-state index contributed by atoms with van der Waals surface area (Å²) < 4.78 is 5.53. The molecule has 112 valence electrons. The molecule has 1 aromatic rings. The van der Waals surface area contributed by atoms with E-state index in [0.29, 0.717) is 18.8 Å². The molecule has 1 unspecified atom stereocenters. The van der Waals surface area contributed by atoms with E-state index < -0.39 is 5.97 Å². The predicted octanol–water partition coefficient (Wildman–Crippen LogP) is 2.05. The third-order valence-corrected chi connectivity index (χ3v) is 2.91. The zero-order valence-corrected chi connectivity index (χ0v) is 12.2. The summed E-state index contributed by atoms with van der Waals surface area (Å²) in [6.45, 7) is 5.22. The van der Waals surface area contributed by atoms with E-state index in [1.54, 1.807) is 0 Å². The molecular formula is C15H24N2O3. The van der Waals surface area contributed by atoms with Crippen molar-refractivity contribution in [3.63, 3.8) is 0 Å². The number of carboxylic acids is 1.